The van der Waals surface area contributed by atoms with Crippen LogP contribution in [-0.2, 0) is 0 Å². The molecular formula is C13H23Br. The predicted molar refractivity (Wildman–Crippen MR) is 68.0 cm³/mol. The summed E-state index contributed by atoms with van der Waals surface area (Å²) in [4.78, 5) is 0.739. The van der Waals surface area contributed by atoms with Gasteiger partial charge in [-0.2, -0.15) is 0 Å². The maximum absolute atomic E-state index is 3.82. The SMILES string of the molecule is CCCCCC[C@@H]1C=CCCC[C@H]1Br. The van der Waals surface area contributed by atoms with Crippen LogP contribution in [0.3, 0.4) is 0 Å². The molecule has 0 N–H and O–H groups in total. The zero-order valence-corrected chi connectivity index (χ0v) is 10.9. The van der Waals surface area contributed by atoms with E-state index in [-0.39, 0.29) is 0 Å². The van der Waals surface area contributed by atoms with Gasteiger partial charge in [-0.05, 0) is 31.6 Å². The fraction of sp³-hybridized carbons (Fsp3) is 0.846. The Morgan fingerprint density at radius 1 is 1.29 bits per heavy atom. The molecule has 1 rings (SSSR count). The van der Waals surface area contributed by atoms with E-state index >= 15 is 0 Å². The van der Waals surface area contributed by atoms with E-state index in [9.17, 15) is 0 Å². The van der Waals surface area contributed by atoms with Crippen molar-refractivity contribution in [1.82, 2.24) is 0 Å². The van der Waals surface area contributed by atoms with Gasteiger partial charge in [0, 0.05) is 4.83 Å². The molecule has 0 unspecified atom stereocenters. The summed E-state index contributed by atoms with van der Waals surface area (Å²) >= 11 is 3.82. The van der Waals surface area contributed by atoms with E-state index < -0.39 is 0 Å². The van der Waals surface area contributed by atoms with E-state index in [4.69, 9.17) is 0 Å². The molecule has 0 aromatic carbocycles. The first-order valence-electron chi connectivity index (χ1n) is 6.15. The van der Waals surface area contributed by atoms with Crippen molar-refractivity contribution in [2.75, 3.05) is 0 Å². The van der Waals surface area contributed by atoms with Crippen LogP contribution >= 0.6 is 15.9 Å². The Morgan fingerprint density at radius 3 is 2.93 bits per heavy atom. The molecule has 0 spiro atoms. The molecule has 14 heavy (non-hydrogen) atoms. The molecular weight excluding hydrogens is 236 g/mol. The van der Waals surface area contributed by atoms with Crippen molar-refractivity contribution in [3.05, 3.63) is 12.2 Å². The second-order valence-corrected chi connectivity index (χ2v) is 5.56. The lowest BCUT2D eigenvalue weighted by Crippen LogP contribution is -2.10. The fourth-order valence-electron chi connectivity index (χ4n) is 2.12. The Kier molecular flexibility index (Phi) is 6.59. The van der Waals surface area contributed by atoms with Crippen LogP contribution in [0.1, 0.15) is 58.3 Å². The molecule has 0 fully saturated rings. The summed E-state index contributed by atoms with van der Waals surface area (Å²) in [6.07, 6.45) is 15.8. The topological polar surface area (TPSA) is 0 Å². The Balaban J connectivity index is 2.19. The Morgan fingerprint density at radius 2 is 2.14 bits per heavy atom. The van der Waals surface area contributed by atoms with Crippen molar-refractivity contribution < 1.29 is 0 Å². The second-order valence-electron chi connectivity index (χ2n) is 4.39. The molecule has 1 heteroatoms. The first-order valence-corrected chi connectivity index (χ1v) is 7.07. The van der Waals surface area contributed by atoms with E-state index in [0.717, 1.165) is 10.7 Å². The van der Waals surface area contributed by atoms with Crippen molar-refractivity contribution in [2.24, 2.45) is 5.92 Å². The summed E-state index contributed by atoms with van der Waals surface area (Å²) in [5, 5.41) is 0. The minimum absolute atomic E-state index is 0.739. The third-order valence-electron chi connectivity index (χ3n) is 3.09. The molecule has 0 amide bonds. The number of hydrogen-bond donors (Lipinski definition) is 0. The van der Waals surface area contributed by atoms with Gasteiger partial charge >= 0.3 is 0 Å². The molecule has 0 saturated heterocycles. The van der Waals surface area contributed by atoms with Gasteiger partial charge in [-0.25, -0.2) is 0 Å². The van der Waals surface area contributed by atoms with Gasteiger partial charge in [0.1, 0.15) is 0 Å². The van der Waals surface area contributed by atoms with Crippen molar-refractivity contribution in [3.8, 4) is 0 Å². The monoisotopic (exact) mass is 258 g/mol. The largest absolute Gasteiger partial charge is 0.0884 e. The zero-order valence-electron chi connectivity index (χ0n) is 9.34. The molecule has 0 aromatic heterocycles. The maximum Gasteiger partial charge on any atom is 0.0208 e. The standard InChI is InChI=1S/C13H23Br/c1-2-3-4-6-9-12-10-7-5-8-11-13(12)14/h7,10,12-13H,2-6,8-9,11H2,1H3/t12-,13-/m1/s1. The number of unbranched alkanes of at least 4 members (excludes halogenated alkanes) is 3. The molecule has 1 aliphatic rings. The highest BCUT2D eigenvalue weighted by Gasteiger charge is 2.16. The average molecular weight is 259 g/mol. The van der Waals surface area contributed by atoms with Crippen LogP contribution in [0.2, 0.25) is 0 Å². The third kappa shape index (κ3) is 4.63. The molecule has 0 bridgehead atoms. The van der Waals surface area contributed by atoms with E-state index in [1.54, 1.807) is 0 Å². The summed E-state index contributed by atoms with van der Waals surface area (Å²) in [5.41, 5.74) is 0. The molecule has 0 radical (unpaired) electrons. The van der Waals surface area contributed by atoms with E-state index in [0.29, 0.717) is 0 Å². The van der Waals surface area contributed by atoms with Gasteiger partial charge < -0.3 is 0 Å². The highest BCUT2D eigenvalue weighted by molar-refractivity contribution is 9.09. The molecule has 0 saturated carbocycles. The first kappa shape index (κ1) is 12.3. The van der Waals surface area contributed by atoms with Crippen molar-refractivity contribution >= 4 is 15.9 Å². The summed E-state index contributed by atoms with van der Waals surface area (Å²) in [7, 11) is 0. The predicted octanol–water partition coefficient (Wildman–Crippen LogP) is 5.08. The van der Waals surface area contributed by atoms with Gasteiger partial charge in [-0.1, -0.05) is 60.7 Å². The molecule has 0 aliphatic heterocycles. The van der Waals surface area contributed by atoms with Gasteiger partial charge in [0.05, 0.1) is 0 Å². The number of hydrogen-bond acceptors (Lipinski definition) is 0. The summed E-state index contributed by atoms with van der Waals surface area (Å²) in [6, 6.07) is 0. The highest BCUT2D eigenvalue weighted by Crippen LogP contribution is 2.28. The highest BCUT2D eigenvalue weighted by atomic mass is 79.9. The summed E-state index contributed by atoms with van der Waals surface area (Å²) in [5.74, 6) is 0.800. The molecule has 0 aromatic rings. The van der Waals surface area contributed by atoms with Crippen molar-refractivity contribution in [3.63, 3.8) is 0 Å². The first-order chi connectivity index (χ1) is 6.84. The number of allylic oxidation sites excluding steroid dienone is 2. The molecule has 2 atom stereocenters. The van der Waals surface area contributed by atoms with Crippen LogP contribution in [0, 0.1) is 5.92 Å². The smallest absolute Gasteiger partial charge is 0.0208 e. The Bertz CT molecular complexity index is 163. The second kappa shape index (κ2) is 7.50. The molecule has 82 valence electrons. The zero-order chi connectivity index (χ0) is 10.2. The van der Waals surface area contributed by atoms with E-state index in [1.165, 1.54) is 51.4 Å². The number of rotatable bonds is 5. The van der Waals surface area contributed by atoms with Crippen LogP contribution < -0.4 is 0 Å². The summed E-state index contributed by atoms with van der Waals surface area (Å²) < 4.78 is 0. The minimum atomic E-state index is 0.739. The van der Waals surface area contributed by atoms with Crippen molar-refractivity contribution in [1.29, 1.82) is 0 Å². The van der Waals surface area contributed by atoms with Gasteiger partial charge in [0.25, 0.3) is 0 Å². The molecule has 0 nitrogen and oxygen atoms in total. The van der Waals surface area contributed by atoms with Crippen LogP contribution in [-0.4, -0.2) is 4.83 Å². The number of alkyl halides is 1. The van der Waals surface area contributed by atoms with Gasteiger partial charge in [0.2, 0.25) is 0 Å². The molecule has 0 heterocycles. The van der Waals surface area contributed by atoms with E-state index in [2.05, 4.69) is 35.0 Å². The minimum Gasteiger partial charge on any atom is -0.0884 e. The van der Waals surface area contributed by atoms with Gasteiger partial charge in [-0.3, -0.25) is 0 Å². The van der Waals surface area contributed by atoms with Crippen LogP contribution in [0.15, 0.2) is 12.2 Å². The lowest BCUT2D eigenvalue weighted by Gasteiger charge is -2.17. The van der Waals surface area contributed by atoms with Gasteiger partial charge in [-0.15, -0.1) is 0 Å². The third-order valence-corrected chi connectivity index (χ3v) is 4.23. The quantitative estimate of drug-likeness (QED) is 0.367. The van der Waals surface area contributed by atoms with E-state index in [1.807, 2.05) is 0 Å². The van der Waals surface area contributed by atoms with Crippen LogP contribution in [0.5, 0.6) is 0 Å². The van der Waals surface area contributed by atoms with Crippen LogP contribution in [0.25, 0.3) is 0 Å². The lowest BCUT2D eigenvalue weighted by molar-refractivity contribution is 0.505. The maximum atomic E-state index is 3.82. The summed E-state index contributed by atoms with van der Waals surface area (Å²) in [6.45, 7) is 2.28. The Labute approximate surface area is 97.3 Å². The molecule has 1 aliphatic carbocycles. The normalized spacial score (nSPS) is 27.6. The average Bonchev–Trinajstić information content (AvgIpc) is 2.39. The van der Waals surface area contributed by atoms with Gasteiger partial charge in [0.15, 0.2) is 0 Å². The lowest BCUT2D eigenvalue weighted by atomic mass is 9.96. The fourth-order valence-corrected chi connectivity index (χ4v) is 2.88. The van der Waals surface area contributed by atoms with Crippen LogP contribution in [0.4, 0.5) is 0 Å². The Hall–Kier alpha value is 0.220. The van der Waals surface area contributed by atoms with Crippen molar-refractivity contribution in [2.45, 2.75) is 63.1 Å². The number of halogens is 1.